The lowest BCUT2D eigenvalue weighted by Gasteiger charge is -2.33. The van der Waals surface area contributed by atoms with Crippen molar-refractivity contribution in [2.75, 3.05) is 0 Å². The Morgan fingerprint density at radius 2 is 1.46 bits per heavy atom. The minimum absolute atomic E-state index is 0.149. The van der Waals surface area contributed by atoms with Crippen molar-refractivity contribution < 1.29 is 4.74 Å². The highest BCUT2D eigenvalue weighted by Gasteiger charge is 2.27. The third kappa shape index (κ3) is 7.64. The van der Waals surface area contributed by atoms with Crippen LogP contribution in [0.25, 0.3) is 6.08 Å². The summed E-state index contributed by atoms with van der Waals surface area (Å²) in [6, 6.07) is 6.39. The van der Waals surface area contributed by atoms with Crippen LogP contribution in [0.3, 0.4) is 0 Å². The summed E-state index contributed by atoms with van der Waals surface area (Å²) in [5.74, 6) is 3.66. The van der Waals surface area contributed by atoms with Gasteiger partial charge in [-0.05, 0) is 56.1 Å². The quantitative estimate of drug-likeness (QED) is 0.350. The van der Waals surface area contributed by atoms with Crippen LogP contribution in [0, 0.1) is 24.7 Å². The van der Waals surface area contributed by atoms with Gasteiger partial charge in [0.05, 0.1) is 0 Å². The summed E-state index contributed by atoms with van der Waals surface area (Å²) < 4.78 is 6.41. The minimum atomic E-state index is -0.149. The lowest BCUT2D eigenvalue weighted by Crippen LogP contribution is -2.32. The normalized spacial score (nSPS) is 20.7. The largest absolute Gasteiger partial charge is 0.483 e. The van der Waals surface area contributed by atoms with E-state index >= 15 is 0 Å². The maximum absolute atomic E-state index is 6.41. The van der Waals surface area contributed by atoms with Crippen LogP contribution in [0.5, 0.6) is 5.75 Å². The molecule has 0 aliphatic carbocycles. The van der Waals surface area contributed by atoms with E-state index in [4.69, 9.17) is 4.74 Å². The van der Waals surface area contributed by atoms with E-state index in [0.29, 0.717) is 0 Å². The molecule has 0 N–H and O–H groups in total. The van der Waals surface area contributed by atoms with Crippen LogP contribution in [0.15, 0.2) is 24.3 Å². The van der Waals surface area contributed by atoms with Gasteiger partial charge in [-0.15, -0.1) is 0 Å². The van der Waals surface area contributed by atoms with Crippen molar-refractivity contribution in [2.45, 2.75) is 105 Å². The lowest BCUT2D eigenvalue weighted by atomic mass is 9.89. The van der Waals surface area contributed by atoms with Crippen LogP contribution in [0.2, 0.25) is 0 Å². The molecule has 28 heavy (non-hydrogen) atoms. The van der Waals surface area contributed by atoms with Gasteiger partial charge in [-0.2, -0.15) is 0 Å². The molecule has 1 aliphatic heterocycles. The number of aryl methyl sites for hydroxylation is 1. The Morgan fingerprint density at radius 3 is 2.11 bits per heavy atom. The molecule has 1 nitrogen and oxygen atoms in total. The number of benzene rings is 1. The van der Waals surface area contributed by atoms with Crippen molar-refractivity contribution in [1.82, 2.24) is 0 Å². The SMILES string of the molecule is Cc1cccc2c1OC(C)(CCC[C@@H](C)CCC[C@H](C)CCCC(C)C)C=C2. The van der Waals surface area contributed by atoms with Gasteiger partial charge in [0.25, 0.3) is 0 Å². The second-order valence-electron chi connectivity index (χ2n) is 10.1. The van der Waals surface area contributed by atoms with E-state index in [2.05, 4.69) is 71.9 Å². The highest BCUT2D eigenvalue weighted by atomic mass is 16.5. The molecule has 0 saturated heterocycles. The number of ether oxygens (including phenoxy) is 1. The molecule has 1 heteroatoms. The maximum Gasteiger partial charge on any atom is 0.130 e. The van der Waals surface area contributed by atoms with Gasteiger partial charge in [-0.3, -0.25) is 0 Å². The molecule has 1 aromatic carbocycles. The van der Waals surface area contributed by atoms with E-state index in [9.17, 15) is 0 Å². The Labute approximate surface area is 175 Å². The zero-order valence-electron chi connectivity index (χ0n) is 19.4. The molecule has 0 fully saturated rings. The van der Waals surface area contributed by atoms with Crippen LogP contribution in [-0.2, 0) is 0 Å². The van der Waals surface area contributed by atoms with E-state index in [0.717, 1.165) is 29.9 Å². The van der Waals surface area contributed by atoms with E-state index in [-0.39, 0.29) is 5.60 Å². The first-order valence-electron chi connectivity index (χ1n) is 11.8. The Balaban J connectivity index is 1.63. The van der Waals surface area contributed by atoms with Crippen molar-refractivity contribution in [1.29, 1.82) is 0 Å². The fourth-order valence-electron chi connectivity index (χ4n) is 4.39. The van der Waals surface area contributed by atoms with Crippen molar-refractivity contribution in [3.8, 4) is 5.75 Å². The van der Waals surface area contributed by atoms with Crippen LogP contribution in [-0.4, -0.2) is 5.60 Å². The molecule has 1 aromatic rings. The second-order valence-corrected chi connectivity index (χ2v) is 10.1. The van der Waals surface area contributed by atoms with Gasteiger partial charge in [0, 0.05) is 5.56 Å². The second kappa shape index (κ2) is 11.1. The number of rotatable bonds is 12. The third-order valence-electron chi connectivity index (χ3n) is 6.44. The van der Waals surface area contributed by atoms with Crippen LogP contribution in [0.1, 0.15) is 104 Å². The first-order chi connectivity index (χ1) is 13.3. The topological polar surface area (TPSA) is 9.23 Å². The first kappa shape index (κ1) is 23.0. The molecule has 0 bridgehead atoms. The highest BCUT2D eigenvalue weighted by molar-refractivity contribution is 5.63. The standard InChI is InChI=1S/C27H44O/c1-21(2)11-7-12-22(3)13-8-14-23(4)15-10-19-27(6)20-18-25-17-9-16-24(5)26(25)28-27/h9,16-18,20-23H,7-8,10-15,19H2,1-6H3/t22-,23+,27?/m1/s1. The summed E-state index contributed by atoms with van der Waals surface area (Å²) in [6.45, 7) is 13.9. The molecule has 0 spiro atoms. The van der Waals surface area contributed by atoms with Crippen LogP contribution in [0.4, 0.5) is 0 Å². The molecule has 0 radical (unpaired) electrons. The third-order valence-corrected chi connectivity index (χ3v) is 6.44. The van der Waals surface area contributed by atoms with Gasteiger partial charge in [-0.1, -0.05) is 96.9 Å². The zero-order chi connectivity index (χ0) is 20.6. The fourth-order valence-corrected chi connectivity index (χ4v) is 4.39. The van der Waals surface area contributed by atoms with Crippen molar-refractivity contribution in [3.05, 3.63) is 35.4 Å². The zero-order valence-corrected chi connectivity index (χ0v) is 19.4. The summed E-state index contributed by atoms with van der Waals surface area (Å²) >= 11 is 0. The van der Waals surface area contributed by atoms with E-state index < -0.39 is 0 Å². The Bertz CT molecular complexity index is 615. The Hall–Kier alpha value is -1.24. The van der Waals surface area contributed by atoms with Crippen molar-refractivity contribution in [2.24, 2.45) is 17.8 Å². The predicted molar refractivity (Wildman–Crippen MR) is 124 cm³/mol. The average Bonchev–Trinajstić information content (AvgIpc) is 2.62. The number of hydrogen-bond donors (Lipinski definition) is 0. The van der Waals surface area contributed by atoms with E-state index in [1.165, 1.54) is 62.5 Å². The number of hydrogen-bond acceptors (Lipinski definition) is 1. The highest BCUT2D eigenvalue weighted by Crippen LogP contribution is 2.36. The van der Waals surface area contributed by atoms with Gasteiger partial charge in [-0.25, -0.2) is 0 Å². The summed E-state index contributed by atoms with van der Waals surface area (Å²) in [7, 11) is 0. The molecule has 0 aromatic heterocycles. The van der Waals surface area contributed by atoms with Crippen LogP contribution < -0.4 is 4.74 Å². The molecular weight excluding hydrogens is 340 g/mol. The first-order valence-corrected chi connectivity index (χ1v) is 11.8. The van der Waals surface area contributed by atoms with Gasteiger partial charge < -0.3 is 4.74 Å². The summed E-state index contributed by atoms with van der Waals surface area (Å²) in [4.78, 5) is 0. The Kier molecular flexibility index (Phi) is 9.12. The number of fused-ring (bicyclic) bond motifs is 1. The van der Waals surface area contributed by atoms with Gasteiger partial charge in [0.15, 0.2) is 0 Å². The Morgan fingerprint density at radius 1 is 0.857 bits per heavy atom. The maximum atomic E-state index is 6.41. The summed E-state index contributed by atoms with van der Waals surface area (Å²) in [5, 5.41) is 0. The molecular formula is C27H44O. The molecule has 158 valence electrons. The van der Waals surface area contributed by atoms with Crippen molar-refractivity contribution >= 4 is 6.08 Å². The molecule has 1 unspecified atom stereocenters. The predicted octanol–water partition coefficient (Wildman–Crippen LogP) is 8.60. The molecule has 0 saturated carbocycles. The number of para-hydroxylation sites is 1. The molecule has 1 aliphatic rings. The van der Waals surface area contributed by atoms with Gasteiger partial charge in [0.1, 0.15) is 11.4 Å². The summed E-state index contributed by atoms with van der Waals surface area (Å²) in [5.41, 5.74) is 2.31. The molecule has 3 atom stereocenters. The molecule has 1 heterocycles. The van der Waals surface area contributed by atoms with Gasteiger partial charge in [0.2, 0.25) is 0 Å². The van der Waals surface area contributed by atoms with E-state index in [1.807, 2.05) is 0 Å². The van der Waals surface area contributed by atoms with E-state index in [1.54, 1.807) is 0 Å². The smallest absolute Gasteiger partial charge is 0.130 e. The monoisotopic (exact) mass is 384 g/mol. The minimum Gasteiger partial charge on any atom is -0.483 e. The van der Waals surface area contributed by atoms with Crippen molar-refractivity contribution in [3.63, 3.8) is 0 Å². The average molecular weight is 385 g/mol. The molecule has 0 amide bonds. The van der Waals surface area contributed by atoms with Gasteiger partial charge >= 0.3 is 0 Å². The summed E-state index contributed by atoms with van der Waals surface area (Å²) in [6.07, 6.45) is 16.6. The molecule has 2 rings (SSSR count). The fraction of sp³-hybridized carbons (Fsp3) is 0.704. The lowest BCUT2D eigenvalue weighted by molar-refractivity contribution is 0.121. The van der Waals surface area contributed by atoms with Crippen LogP contribution >= 0.6 is 0 Å².